The van der Waals surface area contributed by atoms with Gasteiger partial charge in [-0.3, -0.25) is 9.25 Å². The zero-order valence-electron chi connectivity index (χ0n) is 15.4. The molecule has 2 aromatic carbocycles. The minimum absolute atomic E-state index is 0.633. The van der Waals surface area contributed by atoms with Crippen LogP contribution in [-0.2, 0) is 12.8 Å². The van der Waals surface area contributed by atoms with Gasteiger partial charge in [-0.05, 0) is 36.4 Å². The SMILES string of the molecule is COc1ccc(-n2c(SCc3cnn(C)c3)nnc2-c2ccccc2Cl)cc1. The first-order valence-corrected chi connectivity index (χ1v) is 9.97. The van der Waals surface area contributed by atoms with Crippen molar-refractivity contribution in [2.45, 2.75) is 10.9 Å². The second kappa shape index (κ2) is 8.08. The molecule has 0 radical (unpaired) electrons. The zero-order valence-corrected chi connectivity index (χ0v) is 17.0. The van der Waals surface area contributed by atoms with Crippen LogP contribution in [0.5, 0.6) is 5.75 Å². The summed E-state index contributed by atoms with van der Waals surface area (Å²) >= 11 is 8.03. The highest BCUT2D eigenvalue weighted by Crippen LogP contribution is 2.33. The summed E-state index contributed by atoms with van der Waals surface area (Å²) in [5, 5.41) is 14.5. The van der Waals surface area contributed by atoms with Gasteiger partial charge in [-0.15, -0.1) is 10.2 Å². The molecule has 0 saturated carbocycles. The van der Waals surface area contributed by atoms with Gasteiger partial charge in [0.2, 0.25) is 0 Å². The summed E-state index contributed by atoms with van der Waals surface area (Å²) in [6.45, 7) is 0. The summed E-state index contributed by atoms with van der Waals surface area (Å²) in [6, 6.07) is 15.4. The lowest BCUT2D eigenvalue weighted by molar-refractivity contribution is 0.414. The second-order valence-electron chi connectivity index (χ2n) is 6.13. The predicted molar refractivity (Wildman–Crippen MR) is 111 cm³/mol. The highest BCUT2D eigenvalue weighted by Gasteiger charge is 2.18. The topological polar surface area (TPSA) is 57.8 Å². The van der Waals surface area contributed by atoms with E-state index in [1.807, 2.05) is 72.5 Å². The molecule has 0 aliphatic carbocycles. The van der Waals surface area contributed by atoms with Crippen LogP contribution in [0.2, 0.25) is 5.02 Å². The molecule has 0 aliphatic heterocycles. The fourth-order valence-corrected chi connectivity index (χ4v) is 3.92. The van der Waals surface area contributed by atoms with Crippen molar-refractivity contribution in [3.05, 3.63) is 71.5 Å². The van der Waals surface area contributed by atoms with Crippen LogP contribution in [0.4, 0.5) is 0 Å². The van der Waals surface area contributed by atoms with Crippen LogP contribution >= 0.6 is 23.4 Å². The first-order chi connectivity index (χ1) is 13.7. The first-order valence-electron chi connectivity index (χ1n) is 8.61. The average molecular weight is 412 g/mol. The fourth-order valence-electron chi connectivity index (χ4n) is 2.84. The van der Waals surface area contributed by atoms with Crippen LogP contribution in [0, 0.1) is 0 Å². The molecule has 4 aromatic rings. The van der Waals surface area contributed by atoms with E-state index in [0.717, 1.165) is 33.5 Å². The van der Waals surface area contributed by atoms with Crippen molar-refractivity contribution >= 4 is 23.4 Å². The van der Waals surface area contributed by atoms with Gasteiger partial charge in [0.05, 0.1) is 18.3 Å². The molecule has 28 heavy (non-hydrogen) atoms. The van der Waals surface area contributed by atoms with Gasteiger partial charge in [0.25, 0.3) is 0 Å². The Bertz CT molecular complexity index is 1090. The minimum Gasteiger partial charge on any atom is -0.497 e. The van der Waals surface area contributed by atoms with Crippen molar-refractivity contribution in [2.24, 2.45) is 7.05 Å². The van der Waals surface area contributed by atoms with Gasteiger partial charge in [-0.25, -0.2) is 0 Å². The third-order valence-corrected chi connectivity index (χ3v) is 5.53. The van der Waals surface area contributed by atoms with Crippen LogP contribution in [0.15, 0.2) is 66.1 Å². The molecule has 0 spiro atoms. The Hall–Kier alpha value is -2.77. The van der Waals surface area contributed by atoms with E-state index in [1.54, 1.807) is 23.6 Å². The smallest absolute Gasteiger partial charge is 0.196 e. The van der Waals surface area contributed by atoms with Crippen LogP contribution in [0.1, 0.15) is 5.56 Å². The van der Waals surface area contributed by atoms with E-state index in [2.05, 4.69) is 15.3 Å². The monoisotopic (exact) mass is 411 g/mol. The van der Waals surface area contributed by atoms with Gasteiger partial charge in [-0.1, -0.05) is 35.5 Å². The van der Waals surface area contributed by atoms with E-state index in [4.69, 9.17) is 16.3 Å². The van der Waals surface area contributed by atoms with E-state index in [9.17, 15) is 0 Å². The molecular formula is C20H18ClN5OS. The van der Waals surface area contributed by atoms with E-state index in [-0.39, 0.29) is 0 Å². The zero-order chi connectivity index (χ0) is 19.5. The Morgan fingerprint density at radius 1 is 1.07 bits per heavy atom. The Morgan fingerprint density at radius 3 is 2.54 bits per heavy atom. The molecule has 0 N–H and O–H groups in total. The van der Waals surface area contributed by atoms with Gasteiger partial charge in [-0.2, -0.15) is 5.10 Å². The Labute approximate surface area is 172 Å². The highest BCUT2D eigenvalue weighted by molar-refractivity contribution is 7.98. The van der Waals surface area contributed by atoms with Gasteiger partial charge in [0, 0.05) is 35.8 Å². The van der Waals surface area contributed by atoms with Crippen LogP contribution in [0.25, 0.3) is 17.1 Å². The van der Waals surface area contributed by atoms with Crippen molar-refractivity contribution in [3.63, 3.8) is 0 Å². The normalized spacial score (nSPS) is 11.0. The number of aryl methyl sites for hydroxylation is 1. The van der Waals surface area contributed by atoms with Gasteiger partial charge in [0.15, 0.2) is 11.0 Å². The molecule has 0 unspecified atom stereocenters. The van der Waals surface area contributed by atoms with Crippen molar-refractivity contribution in [3.8, 4) is 22.8 Å². The molecule has 2 heterocycles. The number of rotatable bonds is 6. The Morgan fingerprint density at radius 2 is 1.86 bits per heavy atom. The lowest BCUT2D eigenvalue weighted by atomic mass is 10.2. The van der Waals surface area contributed by atoms with Gasteiger partial charge < -0.3 is 4.74 Å². The molecular weight excluding hydrogens is 394 g/mol. The third kappa shape index (κ3) is 3.76. The molecule has 0 aliphatic rings. The number of halogens is 1. The van der Waals surface area contributed by atoms with E-state index in [0.29, 0.717) is 10.8 Å². The largest absolute Gasteiger partial charge is 0.497 e. The van der Waals surface area contributed by atoms with Crippen LogP contribution < -0.4 is 4.74 Å². The highest BCUT2D eigenvalue weighted by atomic mass is 35.5. The van der Waals surface area contributed by atoms with Crippen molar-refractivity contribution in [1.82, 2.24) is 24.5 Å². The standard InChI is InChI=1S/C20H18ClN5OS/c1-25-12-14(11-22-25)13-28-20-24-23-19(17-5-3-4-6-18(17)21)26(20)15-7-9-16(27-2)10-8-15/h3-12H,13H2,1-2H3. The number of thioether (sulfide) groups is 1. The summed E-state index contributed by atoms with van der Waals surface area (Å²) in [5.41, 5.74) is 2.89. The Kier molecular flexibility index (Phi) is 5.36. The summed E-state index contributed by atoms with van der Waals surface area (Å²) < 4.78 is 9.09. The number of aromatic nitrogens is 5. The van der Waals surface area contributed by atoms with Gasteiger partial charge in [0.1, 0.15) is 5.75 Å². The maximum Gasteiger partial charge on any atom is 0.196 e. The maximum atomic E-state index is 6.43. The summed E-state index contributed by atoms with van der Waals surface area (Å²) in [6.07, 6.45) is 3.85. The van der Waals surface area contributed by atoms with Crippen molar-refractivity contribution in [1.29, 1.82) is 0 Å². The molecule has 8 heteroatoms. The quantitative estimate of drug-likeness (QED) is 0.433. The van der Waals surface area contributed by atoms with E-state index >= 15 is 0 Å². The lowest BCUT2D eigenvalue weighted by Crippen LogP contribution is -2.00. The van der Waals surface area contributed by atoms with Crippen molar-refractivity contribution in [2.75, 3.05) is 7.11 Å². The van der Waals surface area contributed by atoms with Crippen LogP contribution in [0.3, 0.4) is 0 Å². The number of ether oxygens (including phenoxy) is 1. The molecule has 6 nitrogen and oxygen atoms in total. The minimum atomic E-state index is 0.633. The number of benzene rings is 2. The third-order valence-electron chi connectivity index (χ3n) is 4.21. The summed E-state index contributed by atoms with van der Waals surface area (Å²) in [5.74, 6) is 2.23. The lowest BCUT2D eigenvalue weighted by Gasteiger charge is -2.11. The van der Waals surface area contributed by atoms with Gasteiger partial charge >= 0.3 is 0 Å². The summed E-state index contributed by atoms with van der Waals surface area (Å²) in [7, 11) is 3.56. The number of nitrogens with zero attached hydrogens (tertiary/aromatic N) is 5. The molecule has 2 aromatic heterocycles. The number of methoxy groups -OCH3 is 1. The molecule has 0 fully saturated rings. The average Bonchev–Trinajstić information content (AvgIpc) is 3.33. The van der Waals surface area contributed by atoms with E-state index < -0.39 is 0 Å². The van der Waals surface area contributed by atoms with E-state index in [1.165, 1.54) is 0 Å². The maximum absolute atomic E-state index is 6.43. The number of hydrogen-bond donors (Lipinski definition) is 0. The fraction of sp³-hybridized carbons (Fsp3) is 0.150. The Balaban J connectivity index is 1.76. The number of hydrogen-bond acceptors (Lipinski definition) is 5. The second-order valence-corrected chi connectivity index (χ2v) is 7.48. The molecule has 0 amide bonds. The predicted octanol–water partition coefficient (Wildman–Crippen LogP) is 4.62. The summed E-state index contributed by atoms with van der Waals surface area (Å²) in [4.78, 5) is 0. The molecule has 142 valence electrons. The van der Waals surface area contributed by atoms with Crippen LogP contribution in [-0.4, -0.2) is 31.7 Å². The molecule has 4 rings (SSSR count). The van der Waals surface area contributed by atoms with Crippen molar-refractivity contribution < 1.29 is 4.74 Å². The first kappa shape index (κ1) is 18.6. The molecule has 0 atom stereocenters. The molecule has 0 saturated heterocycles. The molecule has 0 bridgehead atoms.